The molecule has 1 N–H and O–H groups in total. The average molecular weight is 235 g/mol. The summed E-state index contributed by atoms with van der Waals surface area (Å²) in [6.45, 7) is 1.94. The molecule has 0 aliphatic rings. The van der Waals surface area contributed by atoms with Crippen LogP contribution < -0.4 is 4.74 Å². The first kappa shape index (κ1) is 10.8. The van der Waals surface area contributed by atoms with Crippen molar-refractivity contribution in [1.29, 1.82) is 0 Å². The molecule has 2 aromatic carbocycles. The second-order valence-electron chi connectivity index (χ2n) is 3.48. The van der Waals surface area contributed by atoms with Gasteiger partial charge in [-0.15, -0.1) is 0 Å². The molecule has 2 nitrogen and oxygen atoms in total. The standard InChI is InChI=1S/C13H11ClO2/c1-9-4-2-3-5-12(9)16-13-8-10(14)6-7-11(13)15/h2-8,15H,1H3. The molecular formula is C13H11ClO2. The molecule has 0 radical (unpaired) electrons. The summed E-state index contributed by atoms with van der Waals surface area (Å²) in [5, 5.41) is 10.1. The van der Waals surface area contributed by atoms with E-state index in [-0.39, 0.29) is 5.75 Å². The zero-order chi connectivity index (χ0) is 11.5. The van der Waals surface area contributed by atoms with E-state index in [1.54, 1.807) is 12.1 Å². The Morgan fingerprint density at radius 3 is 2.56 bits per heavy atom. The Bertz CT molecular complexity index is 509. The van der Waals surface area contributed by atoms with Gasteiger partial charge in [0.1, 0.15) is 5.75 Å². The van der Waals surface area contributed by atoms with Gasteiger partial charge >= 0.3 is 0 Å². The van der Waals surface area contributed by atoms with Crippen molar-refractivity contribution in [2.45, 2.75) is 6.92 Å². The average Bonchev–Trinajstić information content (AvgIpc) is 2.27. The molecule has 0 atom stereocenters. The zero-order valence-corrected chi connectivity index (χ0v) is 9.53. The Labute approximate surface area is 99.1 Å². The zero-order valence-electron chi connectivity index (χ0n) is 8.77. The number of benzene rings is 2. The number of phenols is 1. The van der Waals surface area contributed by atoms with Crippen LogP contribution in [-0.2, 0) is 0 Å². The molecule has 2 aromatic rings. The van der Waals surface area contributed by atoms with Gasteiger partial charge in [0, 0.05) is 11.1 Å². The fourth-order valence-electron chi connectivity index (χ4n) is 1.36. The van der Waals surface area contributed by atoms with E-state index in [0.717, 1.165) is 5.56 Å². The highest BCUT2D eigenvalue weighted by Crippen LogP contribution is 2.33. The molecule has 0 heterocycles. The molecule has 0 unspecified atom stereocenters. The van der Waals surface area contributed by atoms with Crippen LogP contribution in [0.1, 0.15) is 5.56 Å². The van der Waals surface area contributed by atoms with Gasteiger partial charge in [0.05, 0.1) is 0 Å². The van der Waals surface area contributed by atoms with E-state index in [4.69, 9.17) is 16.3 Å². The fourth-order valence-corrected chi connectivity index (χ4v) is 1.52. The maximum absolute atomic E-state index is 9.60. The lowest BCUT2D eigenvalue weighted by molar-refractivity contribution is 0.410. The Kier molecular flexibility index (Phi) is 3.02. The number of halogens is 1. The minimum absolute atomic E-state index is 0.0765. The maximum Gasteiger partial charge on any atom is 0.170 e. The van der Waals surface area contributed by atoms with Crippen molar-refractivity contribution in [3.05, 3.63) is 53.1 Å². The highest BCUT2D eigenvalue weighted by atomic mass is 35.5. The number of phenolic OH excluding ortho intramolecular Hbond substituents is 1. The largest absolute Gasteiger partial charge is 0.504 e. The Hall–Kier alpha value is -1.67. The van der Waals surface area contributed by atoms with Gasteiger partial charge < -0.3 is 9.84 Å². The van der Waals surface area contributed by atoms with Crippen molar-refractivity contribution in [2.75, 3.05) is 0 Å². The lowest BCUT2D eigenvalue weighted by atomic mass is 10.2. The normalized spacial score (nSPS) is 10.1. The van der Waals surface area contributed by atoms with Crippen LogP contribution >= 0.6 is 11.6 Å². The van der Waals surface area contributed by atoms with Gasteiger partial charge in [-0.25, -0.2) is 0 Å². The van der Waals surface area contributed by atoms with Gasteiger partial charge in [-0.2, -0.15) is 0 Å². The van der Waals surface area contributed by atoms with Gasteiger partial charge in [-0.3, -0.25) is 0 Å². The van der Waals surface area contributed by atoms with Crippen LogP contribution in [0.25, 0.3) is 0 Å². The summed E-state index contributed by atoms with van der Waals surface area (Å²) >= 11 is 5.83. The first-order valence-corrected chi connectivity index (χ1v) is 5.26. The first-order valence-electron chi connectivity index (χ1n) is 4.89. The van der Waals surface area contributed by atoms with Crippen LogP contribution in [0, 0.1) is 6.92 Å². The van der Waals surface area contributed by atoms with Gasteiger partial charge in [-0.05, 0) is 30.7 Å². The van der Waals surface area contributed by atoms with Gasteiger partial charge in [0.25, 0.3) is 0 Å². The summed E-state index contributed by atoms with van der Waals surface area (Å²) in [5.41, 5.74) is 1.00. The van der Waals surface area contributed by atoms with Crippen LogP contribution in [0.2, 0.25) is 5.02 Å². The Morgan fingerprint density at radius 1 is 1.06 bits per heavy atom. The third-order valence-electron chi connectivity index (χ3n) is 2.24. The summed E-state index contributed by atoms with van der Waals surface area (Å²) in [7, 11) is 0. The molecule has 0 saturated heterocycles. The summed E-state index contributed by atoms with van der Waals surface area (Å²) < 4.78 is 5.59. The highest BCUT2D eigenvalue weighted by Gasteiger charge is 2.06. The lowest BCUT2D eigenvalue weighted by Crippen LogP contribution is -1.87. The van der Waals surface area contributed by atoms with Crippen LogP contribution in [0.15, 0.2) is 42.5 Å². The van der Waals surface area contributed by atoms with Crippen LogP contribution in [-0.4, -0.2) is 5.11 Å². The smallest absolute Gasteiger partial charge is 0.170 e. The van der Waals surface area contributed by atoms with E-state index in [0.29, 0.717) is 16.5 Å². The van der Waals surface area contributed by atoms with Crippen molar-refractivity contribution in [3.63, 3.8) is 0 Å². The number of para-hydroxylation sites is 1. The van der Waals surface area contributed by atoms with Crippen molar-refractivity contribution < 1.29 is 9.84 Å². The van der Waals surface area contributed by atoms with E-state index in [1.165, 1.54) is 6.07 Å². The van der Waals surface area contributed by atoms with Crippen molar-refractivity contribution in [1.82, 2.24) is 0 Å². The van der Waals surface area contributed by atoms with E-state index < -0.39 is 0 Å². The Balaban J connectivity index is 2.34. The van der Waals surface area contributed by atoms with Gasteiger partial charge in [0.15, 0.2) is 11.5 Å². The summed E-state index contributed by atoms with van der Waals surface area (Å²) in [5.74, 6) is 1.15. The summed E-state index contributed by atoms with van der Waals surface area (Å²) in [4.78, 5) is 0. The molecule has 0 fully saturated rings. The van der Waals surface area contributed by atoms with Gasteiger partial charge in [-0.1, -0.05) is 29.8 Å². The third kappa shape index (κ3) is 2.28. The second kappa shape index (κ2) is 4.45. The monoisotopic (exact) mass is 234 g/mol. The molecule has 0 spiro atoms. The molecule has 82 valence electrons. The maximum atomic E-state index is 9.60. The summed E-state index contributed by atoms with van der Waals surface area (Å²) in [6, 6.07) is 12.3. The number of ether oxygens (including phenoxy) is 1. The minimum Gasteiger partial charge on any atom is -0.504 e. The van der Waals surface area contributed by atoms with E-state index in [1.807, 2.05) is 31.2 Å². The number of rotatable bonds is 2. The van der Waals surface area contributed by atoms with Crippen molar-refractivity contribution >= 4 is 11.6 Å². The molecule has 0 aromatic heterocycles. The molecule has 0 saturated carbocycles. The molecule has 0 aliphatic carbocycles. The molecule has 0 amide bonds. The SMILES string of the molecule is Cc1ccccc1Oc1cc(Cl)ccc1O. The van der Waals surface area contributed by atoms with Crippen LogP contribution in [0.5, 0.6) is 17.2 Å². The number of aryl methyl sites for hydroxylation is 1. The van der Waals surface area contributed by atoms with Crippen LogP contribution in [0.3, 0.4) is 0 Å². The molecular weight excluding hydrogens is 224 g/mol. The van der Waals surface area contributed by atoms with Crippen molar-refractivity contribution in [2.24, 2.45) is 0 Å². The third-order valence-corrected chi connectivity index (χ3v) is 2.47. The second-order valence-corrected chi connectivity index (χ2v) is 3.92. The number of hydrogen-bond donors (Lipinski definition) is 1. The van der Waals surface area contributed by atoms with E-state index in [9.17, 15) is 5.11 Å². The van der Waals surface area contributed by atoms with E-state index >= 15 is 0 Å². The first-order chi connectivity index (χ1) is 7.66. The molecule has 16 heavy (non-hydrogen) atoms. The van der Waals surface area contributed by atoms with Gasteiger partial charge in [0.2, 0.25) is 0 Å². The fraction of sp³-hybridized carbons (Fsp3) is 0.0769. The number of hydrogen-bond acceptors (Lipinski definition) is 2. The molecule has 0 bridgehead atoms. The van der Waals surface area contributed by atoms with Crippen LogP contribution in [0.4, 0.5) is 0 Å². The molecule has 3 heteroatoms. The molecule has 2 rings (SSSR count). The quantitative estimate of drug-likeness (QED) is 0.846. The number of aromatic hydroxyl groups is 1. The predicted octanol–water partition coefficient (Wildman–Crippen LogP) is 4.15. The van der Waals surface area contributed by atoms with Crippen molar-refractivity contribution in [3.8, 4) is 17.2 Å². The topological polar surface area (TPSA) is 29.5 Å². The summed E-state index contributed by atoms with van der Waals surface area (Å²) in [6.07, 6.45) is 0. The Morgan fingerprint density at radius 2 is 1.81 bits per heavy atom. The highest BCUT2D eigenvalue weighted by molar-refractivity contribution is 6.30. The lowest BCUT2D eigenvalue weighted by Gasteiger charge is -2.09. The minimum atomic E-state index is 0.0765. The van der Waals surface area contributed by atoms with E-state index in [2.05, 4.69) is 0 Å². The molecule has 0 aliphatic heterocycles. The predicted molar refractivity (Wildman–Crippen MR) is 64.4 cm³/mol.